The Bertz CT molecular complexity index is 3480. The molecule has 64 heavy (non-hydrogen) atoms. The molecule has 0 bridgehead atoms. The average Bonchev–Trinajstić information content (AvgIpc) is 4.00. The summed E-state index contributed by atoms with van der Waals surface area (Å²) in [4.78, 5) is 4.90. The molecule has 1 aliphatic carbocycles. The van der Waals surface area contributed by atoms with Crippen molar-refractivity contribution in [3.8, 4) is 23.0 Å². The van der Waals surface area contributed by atoms with Crippen LogP contribution in [0.2, 0.25) is 0 Å². The Balaban J connectivity index is 1.15. The summed E-state index contributed by atoms with van der Waals surface area (Å²) in [6.45, 7) is 4.25. The number of allylic oxidation sites excluding steroid dienone is 4. The number of aryl methyl sites for hydroxylation is 2. The van der Waals surface area contributed by atoms with Crippen LogP contribution in [-0.2, 0) is 5.41 Å². The molecule has 1 aliphatic rings. The monoisotopic (exact) mass is 815 g/mol. The van der Waals surface area contributed by atoms with Crippen molar-refractivity contribution < 1.29 is 4.74 Å². The second-order valence-corrected chi connectivity index (χ2v) is 18.4. The quantitative estimate of drug-likeness (QED) is 0.152. The van der Waals surface area contributed by atoms with Crippen LogP contribution in [0.5, 0.6) is 11.5 Å². The number of nitrogens with zero attached hydrogens (tertiary/aromatic N) is 3. The minimum atomic E-state index is -0.557. The van der Waals surface area contributed by atoms with E-state index in [2.05, 4.69) is 223 Å². The van der Waals surface area contributed by atoms with Crippen LogP contribution in [0.3, 0.4) is 0 Å². The van der Waals surface area contributed by atoms with Crippen molar-refractivity contribution in [2.75, 3.05) is 0 Å². The van der Waals surface area contributed by atoms with E-state index in [4.69, 9.17) is 9.72 Å². The Morgan fingerprint density at radius 2 is 1.12 bits per heavy atom. The van der Waals surface area contributed by atoms with Gasteiger partial charge in [-0.15, -0.1) is 32.8 Å². The summed E-state index contributed by atoms with van der Waals surface area (Å²) in [5.74, 6) is 2.44. The molecular weight excluding hydrogens is 767 g/mol. The number of aromatic nitrogens is 3. The number of para-hydroxylation sites is 2. The van der Waals surface area contributed by atoms with E-state index in [9.17, 15) is 0 Å². The topological polar surface area (TPSA) is 32.0 Å². The van der Waals surface area contributed by atoms with Crippen LogP contribution < -0.4 is 59.4 Å². The zero-order chi connectivity index (χ0) is 44.9. The van der Waals surface area contributed by atoms with E-state index in [1.54, 1.807) is 0 Å². The number of hydrogen-bond acceptors (Lipinski definition) is 2. The van der Waals surface area contributed by atoms with Gasteiger partial charge in [0.15, 0.2) is 0 Å². The van der Waals surface area contributed by atoms with Gasteiger partial charge < -0.3 is 9.30 Å². The van der Waals surface area contributed by atoms with Gasteiger partial charge in [-0.05, 0) is 89.7 Å². The number of hydrogen-bond donors (Lipinski definition) is 0. The maximum Gasteiger partial charge on any atom is 0.139 e. The third kappa shape index (κ3) is 6.15. The highest BCUT2D eigenvalue weighted by atomic mass is 16.5. The molecule has 1 unspecified atom stereocenters. The lowest BCUT2D eigenvalue weighted by atomic mass is 9.52. The third-order valence-electron chi connectivity index (χ3n) is 15.4. The molecule has 0 saturated carbocycles. The molecule has 298 valence electrons. The van der Waals surface area contributed by atoms with Gasteiger partial charge in [-0.3, -0.25) is 4.57 Å². The second kappa shape index (κ2) is 15.5. The molecule has 10 rings (SSSR count). The molecule has 0 amide bonds. The number of ether oxygens (including phenoxy) is 1. The van der Waals surface area contributed by atoms with Gasteiger partial charge >= 0.3 is 0 Å². The van der Waals surface area contributed by atoms with Gasteiger partial charge in [0, 0.05) is 46.4 Å². The summed E-state index contributed by atoms with van der Waals surface area (Å²) in [7, 11) is 23.1. The molecule has 0 N–H and O–H groups in total. The van der Waals surface area contributed by atoms with E-state index >= 15 is 0 Å². The second-order valence-electron chi connectivity index (χ2n) is 18.4. The largest absolute Gasteiger partial charge is 0.457 e. The number of fused-ring (bicyclic) bond motifs is 4. The Labute approximate surface area is 386 Å². The molecule has 0 radical (unpaired) electrons. The molecule has 14 heteroatoms. The van der Waals surface area contributed by atoms with Crippen LogP contribution in [0.4, 0.5) is 0 Å². The molecular formula is C50H47B10N3O. The van der Waals surface area contributed by atoms with Crippen LogP contribution in [0.25, 0.3) is 49.8 Å². The van der Waals surface area contributed by atoms with E-state index < -0.39 is 5.41 Å². The van der Waals surface area contributed by atoms with Crippen molar-refractivity contribution in [1.29, 1.82) is 0 Å². The van der Waals surface area contributed by atoms with E-state index in [1.165, 1.54) is 98.8 Å². The van der Waals surface area contributed by atoms with E-state index in [0.717, 1.165) is 44.9 Å². The van der Waals surface area contributed by atoms with E-state index in [0.29, 0.717) is 0 Å². The predicted octanol–water partition coefficient (Wildman–Crippen LogP) is -4.94. The first kappa shape index (κ1) is 41.7. The molecule has 0 saturated heterocycles. The highest BCUT2D eigenvalue weighted by molar-refractivity contribution is 6.69. The Morgan fingerprint density at radius 3 is 1.81 bits per heavy atom. The average molecular weight is 814 g/mol. The minimum Gasteiger partial charge on any atom is -0.457 e. The zero-order valence-electron chi connectivity index (χ0n) is 39.4. The molecule has 0 spiro atoms. The minimum absolute atomic E-state index is 0.557. The lowest BCUT2D eigenvalue weighted by Crippen LogP contribution is -2.60. The maximum atomic E-state index is 6.82. The summed E-state index contributed by atoms with van der Waals surface area (Å²) in [5.41, 5.74) is 25.2. The molecule has 0 fully saturated rings. The smallest absolute Gasteiger partial charge is 0.139 e. The lowest BCUT2D eigenvalue weighted by Gasteiger charge is -2.39. The number of benzene rings is 6. The van der Waals surface area contributed by atoms with Gasteiger partial charge in [0.2, 0.25) is 0 Å². The standard InChI is InChI=1S/C50H47B10N3O/c1-24-19-37(61-22-25(24)2)63-35-15-6-3-11-29(35)30-17-16-28(21-36(30)63)64-27-10-7-9-26(20-27)62-23-33(31-12-4-5-14-34(31)62)50(39-42(53)46(57)49(60)47(58)43(39)54)18-8-13-32(50)38-40(51)44(55)48(59)45(56)41(38)52/h3-23H,51-60H2,1-2H3. The zero-order valence-corrected chi connectivity index (χ0v) is 39.4. The SMILES string of the molecule is Bc1c(B)c(B)c(C2=CC=CC2(c2c(B)c(B)c(B)c(B)c2B)c2cn(-c3cccc(Oc4ccc5c6ccccc6n(-c6cc(C)c(C)cn6)c5c4)c3)c3ccccc23)c(B)c1B. The summed E-state index contributed by atoms with van der Waals surface area (Å²) in [5, 5.41) is 3.58. The van der Waals surface area contributed by atoms with Crippen molar-refractivity contribution in [2.24, 2.45) is 0 Å². The summed E-state index contributed by atoms with van der Waals surface area (Å²) in [6, 6.07) is 34.6. The highest BCUT2D eigenvalue weighted by Gasteiger charge is 2.44. The first-order valence-corrected chi connectivity index (χ1v) is 22.6. The number of pyridine rings is 1. The number of rotatable bonds is 7. The fourth-order valence-electron chi connectivity index (χ4n) is 10.9. The van der Waals surface area contributed by atoms with Crippen LogP contribution >= 0.6 is 0 Å². The third-order valence-corrected chi connectivity index (χ3v) is 15.4. The van der Waals surface area contributed by atoms with Crippen LogP contribution in [0.15, 0.2) is 128 Å². The van der Waals surface area contributed by atoms with Gasteiger partial charge in [-0.25, -0.2) is 4.98 Å². The fourth-order valence-corrected chi connectivity index (χ4v) is 10.9. The normalized spacial score (nSPS) is 14.8. The summed E-state index contributed by atoms with van der Waals surface area (Å²) in [6.07, 6.45) is 11.6. The Morgan fingerprint density at radius 1 is 0.531 bits per heavy atom. The van der Waals surface area contributed by atoms with Crippen molar-refractivity contribution >= 4 is 171 Å². The first-order chi connectivity index (χ1) is 30.7. The van der Waals surface area contributed by atoms with Crippen LogP contribution in [0.1, 0.15) is 27.8 Å². The van der Waals surface area contributed by atoms with Gasteiger partial charge in [0.1, 0.15) is 95.8 Å². The van der Waals surface area contributed by atoms with Gasteiger partial charge in [-0.1, -0.05) is 82.5 Å². The van der Waals surface area contributed by atoms with E-state index in [1.807, 2.05) is 6.20 Å². The van der Waals surface area contributed by atoms with Crippen molar-refractivity contribution in [3.63, 3.8) is 0 Å². The van der Waals surface area contributed by atoms with Crippen molar-refractivity contribution in [3.05, 3.63) is 156 Å². The molecule has 6 aromatic carbocycles. The molecule has 3 aromatic heterocycles. The molecule has 1 atom stereocenters. The van der Waals surface area contributed by atoms with Crippen LogP contribution in [0, 0.1) is 13.8 Å². The summed E-state index contributed by atoms with van der Waals surface area (Å²) >= 11 is 0. The van der Waals surface area contributed by atoms with Crippen molar-refractivity contribution in [1.82, 2.24) is 14.1 Å². The van der Waals surface area contributed by atoms with Crippen LogP contribution in [-0.4, -0.2) is 92.6 Å². The fraction of sp³-hybridized carbons (Fsp3) is 0.0600. The lowest BCUT2D eigenvalue weighted by molar-refractivity contribution is 0.483. The highest BCUT2D eigenvalue weighted by Crippen LogP contribution is 2.49. The van der Waals surface area contributed by atoms with E-state index in [-0.39, 0.29) is 0 Å². The molecule has 4 nitrogen and oxygen atoms in total. The summed E-state index contributed by atoms with van der Waals surface area (Å²) < 4.78 is 11.5. The van der Waals surface area contributed by atoms with Gasteiger partial charge in [0.05, 0.1) is 22.0 Å². The van der Waals surface area contributed by atoms with Gasteiger partial charge in [0.25, 0.3) is 0 Å². The maximum absolute atomic E-state index is 6.82. The Kier molecular flexibility index (Phi) is 10.1. The van der Waals surface area contributed by atoms with Crippen molar-refractivity contribution in [2.45, 2.75) is 19.3 Å². The molecule has 3 heterocycles. The predicted molar refractivity (Wildman–Crippen MR) is 304 cm³/mol. The molecule has 0 aliphatic heterocycles. The Hall–Kier alpha value is -6.26. The van der Waals surface area contributed by atoms with Gasteiger partial charge in [-0.2, -0.15) is 0 Å². The molecule has 9 aromatic rings. The first-order valence-electron chi connectivity index (χ1n) is 22.6.